The number of pyridine rings is 1. The van der Waals surface area contributed by atoms with Gasteiger partial charge in [-0.05, 0) is 92.6 Å². The molecule has 1 amide bonds. The van der Waals surface area contributed by atoms with Crippen LogP contribution in [0.15, 0.2) is 41.8 Å². The number of rotatable bonds is 2. The van der Waals surface area contributed by atoms with Crippen molar-refractivity contribution in [3.8, 4) is 0 Å². The van der Waals surface area contributed by atoms with Crippen molar-refractivity contribution in [1.82, 2.24) is 10.4 Å². The molecule has 1 N–H and O–H groups in total. The topological polar surface area (TPSA) is 54.4 Å². The highest BCUT2D eigenvalue weighted by atomic mass is 16.2. The van der Waals surface area contributed by atoms with Crippen LogP contribution in [0.25, 0.3) is 0 Å². The minimum atomic E-state index is -0.136. The SMILES string of the molecule is C[C@]12CCC3C(CC[C@H]4CC=CC[C@]34C)C1CC/C2=N/NC(=O)c1ccncc1. The van der Waals surface area contributed by atoms with Crippen LogP contribution in [-0.2, 0) is 0 Å². The summed E-state index contributed by atoms with van der Waals surface area (Å²) in [4.78, 5) is 16.4. The molecule has 1 aromatic heterocycles. The Morgan fingerprint density at radius 2 is 1.93 bits per heavy atom. The van der Waals surface area contributed by atoms with E-state index in [0.717, 1.165) is 30.1 Å². The molecule has 4 aliphatic carbocycles. The molecule has 29 heavy (non-hydrogen) atoms. The highest BCUT2D eigenvalue weighted by Crippen LogP contribution is 2.64. The second-order valence-electron chi connectivity index (χ2n) is 10.3. The predicted molar refractivity (Wildman–Crippen MR) is 115 cm³/mol. The summed E-state index contributed by atoms with van der Waals surface area (Å²) in [5.41, 5.74) is 5.32. The molecule has 0 aliphatic heterocycles. The van der Waals surface area contributed by atoms with Crippen LogP contribution >= 0.6 is 0 Å². The van der Waals surface area contributed by atoms with Crippen molar-refractivity contribution in [1.29, 1.82) is 0 Å². The quantitative estimate of drug-likeness (QED) is 0.544. The third kappa shape index (κ3) is 2.98. The molecule has 0 radical (unpaired) electrons. The number of carbonyl (C=O) groups excluding carboxylic acids is 1. The van der Waals surface area contributed by atoms with Gasteiger partial charge < -0.3 is 0 Å². The molecule has 0 bridgehead atoms. The third-order valence-corrected chi connectivity index (χ3v) is 9.19. The molecule has 3 fully saturated rings. The number of carbonyl (C=O) groups is 1. The van der Waals surface area contributed by atoms with Gasteiger partial charge in [-0.2, -0.15) is 5.10 Å². The highest BCUT2D eigenvalue weighted by Gasteiger charge is 2.58. The van der Waals surface area contributed by atoms with Crippen molar-refractivity contribution in [3.05, 3.63) is 42.2 Å². The molecule has 3 unspecified atom stereocenters. The van der Waals surface area contributed by atoms with Crippen molar-refractivity contribution in [2.45, 2.75) is 65.2 Å². The van der Waals surface area contributed by atoms with E-state index in [0.29, 0.717) is 11.0 Å². The molecule has 3 saturated carbocycles. The molecular formula is C25H33N3O. The fourth-order valence-corrected chi connectivity index (χ4v) is 7.50. The number of allylic oxidation sites excluding steroid dienone is 2. The van der Waals surface area contributed by atoms with Crippen molar-refractivity contribution in [2.24, 2.45) is 39.6 Å². The molecule has 1 heterocycles. The van der Waals surface area contributed by atoms with Crippen LogP contribution in [0.1, 0.15) is 75.6 Å². The van der Waals surface area contributed by atoms with Crippen molar-refractivity contribution >= 4 is 11.6 Å². The third-order valence-electron chi connectivity index (χ3n) is 9.19. The van der Waals surface area contributed by atoms with Gasteiger partial charge in [0.2, 0.25) is 0 Å². The molecule has 4 aliphatic rings. The zero-order valence-electron chi connectivity index (χ0n) is 17.7. The van der Waals surface area contributed by atoms with Crippen molar-refractivity contribution in [2.75, 3.05) is 0 Å². The van der Waals surface area contributed by atoms with Crippen molar-refractivity contribution in [3.63, 3.8) is 0 Å². The molecule has 0 saturated heterocycles. The van der Waals surface area contributed by atoms with Gasteiger partial charge in [0, 0.05) is 29.1 Å². The van der Waals surface area contributed by atoms with Gasteiger partial charge in [-0.1, -0.05) is 26.0 Å². The van der Waals surface area contributed by atoms with Crippen LogP contribution in [0.5, 0.6) is 0 Å². The summed E-state index contributed by atoms with van der Waals surface area (Å²) in [7, 11) is 0. The first-order chi connectivity index (χ1) is 14.0. The largest absolute Gasteiger partial charge is 0.271 e. The minimum absolute atomic E-state index is 0.136. The maximum Gasteiger partial charge on any atom is 0.271 e. The fraction of sp³-hybridized carbons (Fsp3) is 0.640. The average molecular weight is 392 g/mol. The number of amides is 1. The van der Waals surface area contributed by atoms with Gasteiger partial charge in [-0.25, -0.2) is 5.43 Å². The number of fused-ring (bicyclic) bond motifs is 5. The van der Waals surface area contributed by atoms with Gasteiger partial charge in [0.25, 0.3) is 5.91 Å². The van der Waals surface area contributed by atoms with Crippen LogP contribution < -0.4 is 5.43 Å². The number of hydrogen-bond acceptors (Lipinski definition) is 3. The monoisotopic (exact) mass is 391 g/mol. The van der Waals surface area contributed by atoms with E-state index in [1.807, 2.05) is 0 Å². The Hall–Kier alpha value is -1.97. The van der Waals surface area contributed by atoms with Gasteiger partial charge in [0.15, 0.2) is 0 Å². The van der Waals surface area contributed by atoms with E-state index in [2.05, 4.69) is 41.5 Å². The van der Waals surface area contributed by atoms with E-state index in [1.54, 1.807) is 24.5 Å². The lowest BCUT2D eigenvalue weighted by Gasteiger charge is -2.59. The van der Waals surface area contributed by atoms with E-state index >= 15 is 0 Å². The molecule has 4 nitrogen and oxygen atoms in total. The van der Waals surface area contributed by atoms with Gasteiger partial charge in [-0.3, -0.25) is 9.78 Å². The van der Waals surface area contributed by atoms with E-state index in [9.17, 15) is 4.79 Å². The molecule has 6 atom stereocenters. The lowest BCUT2D eigenvalue weighted by Crippen LogP contribution is -2.52. The first-order valence-corrected chi connectivity index (χ1v) is 11.4. The summed E-state index contributed by atoms with van der Waals surface area (Å²) in [6.45, 7) is 5.01. The smallest absolute Gasteiger partial charge is 0.267 e. The van der Waals surface area contributed by atoms with Crippen LogP contribution in [0.4, 0.5) is 0 Å². The van der Waals surface area contributed by atoms with E-state index < -0.39 is 0 Å². The zero-order chi connectivity index (χ0) is 20.1. The minimum Gasteiger partial charge on any atom is -0.267 e. The Kier molecular flexibility index (Phi) is 4.64. The number of nitrogens with one attached hydrogen (secondary N) is 1. The Bertz CT molecular complexity index is 847. The summed E-state index contributed by atoms with van der Waals surface area (Å²) in [5.74, 6) is 3.15. The lowest BCUT2D eigenvalue weighted by molar-refractivity contribution is -0.0761. The first-order valence-electron chi connectivity index (χ1n) is 11.4. The summed E-state index contributed by atoms with van der Waals surface area (Å²) in [6.07, 6.45) is 18.3. The Balaban J connectivity index is 1.35. The molecule has 0 spiro atoms. The fourth-order valence-electron chi connectivity index (χ4n) is 7.50. The Labute approximate surface area is 174 Å². The normalized spacial score (nSPS) is 42.1. The second kappa shape index (κ2) is 7.07. The Morgan fingerprint density at radius 3 is 2.76 bits per heavy atom. The first kappa shape index (κ1) is 19.0. The van der Waals surface area contributed by atoms with Gasteiger partial charge in [0.05, 0.1) is 0 Å². The summed E-state index contributed by atoms with van der Waals surface area (Å²) in [6, 6.07) is 3.47. The number of hydrazone groups is 1. The van der Waals surface area contributed by atoms with E-state index in [4.69, 9.17) is 0 Å². The molecular weight excluding hydrogens is 358 g/mol. The maximum absolute atomic E-state index is 12.4. The van der Waals surface area contributed by atoms with Gasteiger partial charge in [0.1, 0.15) is 0 Å². The number of aromatic nitrogens is 1. The molecule has 0 aromatic carbocycles. The lowest BCUT2D eigenvalue weighted by atomic mass is 9.46. The Morgan fingerprint density at radius 1 is 1.10 bits per heavy atom. The second-order valence-corrected chi connectivity index (χ2v) is 10.3. The molecule has 4 heteroatoms. The average Bonchev–Trinajstić information content (AvgIpc) is 3.08. The summed E-state index contributed by atoms with van der Waals surface area (Å²) < 4.78 is 0. The van der Waals surface area contributed by atoms with Crippen LogP contribution in [-0.4, -0.2) is 16.6 Å². The molecule has 154 valence electrons. The van der Waals surface area contributed by atoms with E-state index in [1.165, 1.54) is 50.7 Å². The highest BCUT2D eigenvalue weighted by molar-refractivity contribution is 5.97. The van der Waals surface area contributed by atoms with Gasteiger partial charge >= 0.3 is 0 Å². The van der Waals surface area contributed by atoms with E-state index in [-0.39, 0.29) is 11.3 Å². The van der Waals surface area contributed by atoms with Crippen LogP contribution in [0.2, 0.25) is 0 Å². The zero-order valence-corrected chi connectivity index (χ0v) is 17.7. The predicted octanol–water partition coefficient (Wildman–Crippen LogP) is 5.38. The maximum atomic E-state index is 12.4. The molecule has 1 aromatic rings. The standard InChI is InChI=1S/C25H33N3O/c1-24-13-4-3-5-18(24)6-7-19-20-8-9-22(25(20,2)14-10-21(19)24)27-28-23(29)17-11-15-26-16-12-17/h3-4,11-12,15-16,18-21H,5-10,13-14H2,1-2H3,(H,28,29)/b27-22-/t18-,19?,20?,21?,24+,25+/m1/s1. The summed E-state index contributed by atoms with van der Waals surface area (Å²) >= 11 is 0. The number of nitrogens with zero attached hydrogens (tertiary/aromatic N) is 2. The van der Waals surface area contributed by atoms with Crippen molar-refractivity contribution < 1.29 is 4.79 Å². The van der Waals surface area contributed by atoms with Crippen LogP contribution in [0.3, 0.4) is 0 Å². The summed E-state index contributed by atoms with van der Waals surface area (Å²) in [5, 5.41) is 4.68. The van der Waals surface area contributed by atoms with Crippen LogP contribution in [0, 0.1) is 34.5 Å². The van der Waals surface area contributed by atoms with Gasteiger partial charge in [-0.15, -0.1) is 0 Å². The number of hydrogen-bond donors (Lipinski definition) is 1. The molecule has 5 rings (SSSR count).